The summed E-state index contributed by atoms with van der Waals surface area (Å²) in [7, 11) is -12.7. The summed E-state index contributed by atoms with van der Waals surface area (Å²) in [5, 5.41) is 2.98. The fraction of sp³-hybridized carbons (Fsp3) is 1.00. The topological polar surface area (TPSA) is 213 Å². The van der Waals surface area contributed by atoms with Gasteiger partial charge in [0.1, 0.15) is 0 Å². The maximum Gasteiger partial charge on any atom is 0.472 e. The monoisotopic (exact) mass is 546 g/mol. The minimum absolute atomic E-state index is 0.0847. The van der Waals surface area contributed by atoms with Gasteiger partial charge in [0.05, 0.1) is 26.4 Å². The Hall–Kier alpha value is 0.245. The molecule has 0 aromatic heterocycles. The molecule has 0 aromatic carbocycles. The summed E-state index contributed by atoms with van der Waals surface area (Å²) in [6, 6.07) is 0. The molecule has 7 N–H and O–H groups in total. The van der Waals surface area contributed by atoms with Gasteiger partial charge in [0, 0.05) is 22.9 Å². The van der Waals surface area contributed by atoms with Crippen molar-refractivity contribution in [2.45, 2.75) is 51.6 Å². The van der Waals surface area contributed by atoms with Gasteiger partial charge in [-0.25, -0.2) is 13.7 Å². The Labute approximate surface area is 193 Å². The van der Waals surface area contributed by atoms with Crippen molar-refractivity contribution in [1.29, 1.82) is 0 Å². The Balaban J connectivity index is 5.12. The van der Waals surface area contributed by atoms with Crippen LogP contribution in [0.1, 0.15) is 40.5 Å². The van der Waals surface area contributed by atoms with E-state index in [0.717, 1.165) is 0 Å². The van der Waals surface area contributed by atoms with Gasteiger partial charge in [-0.3, -0.25) is 18.1 Å². The van der Waals surface area contributed by atoms with Crippen LogP contribution in [0.2, 0.25) is 0 Å². The van der Waals surface area contributed by atoms with Crippen LogP contribution in [0.5, 0.6) is 0 Å². The summed E-state index contributed by atoms with van der Waals surface area (Å²) in [5.41, 5.74) is -0.174. The van der Waals surface area contributed by atoms with Crippen molar-refractivity contribution < 1.29 is 60.7 Å². The zero-order valence-corrected chi connectivity index (χ0v) is 21.9. The van der Waals surface area contributed by atoms with Gasteiger partial charge in [0.15, 0.2) is 7.98 Å². The summed E-state index contributed by atoms with van der Waals surface area (Å²) >= 11 is 0. The number of phosphoric acid groups is 3. The van der Waals surface area contributed by atoms with E-state index in [1.54, 1.807) is 21.8 Å². The molecule has 3 atom stereocenters. The molecule has 0 radical (unpaired) electrons. The van der Waals surface area contributed by atoms with Crippen LogP contribution in [-0.4, -0.2) is 70.0 Å². The van der Waals surface area contributed by atoms with E-state index in [-0.39, 0.29) is 12.8 Å². The highest BCUT2D eigenvalue weighted by atomic mass is 31.2. The van der Waals surface area contributed by atoms with Gasteiger partial charge in [-0.05, 0) is 40.5 Å². The highest BCUT2D eigenvalue weighted by Crippen LogP contribution is 2.46. The molecule has 0 aliphatic carbocycles. The van der Waals surface area contributed by atoms with Crippen LogP contribution in [-0.2, 0) is 31.8 Å². The maximum absolute atomic E-state index is 12.9. The lowest BCUT2D eigenvalue weighted by molar-refractivity contribution is 0.0630. The summed E-state index contributed by atoms with van der Waals surface area (Å²) in [4.78, 5) is 45.6. The Morgan fingerprint density at radius 2 is 1.09 bits per heavy atom. The van der Waals surface area contributed by atoms with Gasteiger partial charge in [-0.15, -0.1) is 4.48 Å². The number of hydrogen-bond donors (Lipinski definition) is 7. The lowest BCUT2D eigenvalue weighted by Crippen LogP contribution is -2.40. The highest BCUT2D eigenvalue weighted by Gasteiger charge is 2.32. The van der Waals surface area contributed by atoms with Crippen molar-refractivity contribution in [2.24, 2.45) is 11.8 Å². The van der Waals surface area contributed by atoms with E-state index in [4.69, 9.17) is 28.6 Å². The van der Waals surface area contributed by atoms with Crippen LogP contribution >= 0.6 is 23.5 Å². The van der Waals surface area contributed by atoms with Crippen molar-refractivity contribution in [2.75, 3.05) is 26.4 Å². The minimum atomic E-state index is -4.84. The average molecular weight is 546 g/mol. The van der Waals surface area contributed by atoms with Crippen LogP contribution in [0.3, 0.4) is 0 Å². The van der Waals surface area contributed by atoms with Crippen LogP contribution in [0.15, 0.2) is 0 Å². The van der Waals surface area contributed by atoms with E-state index in [9.17, 15) is 23.1 Å². The highest BCUT2D eigenvalue weighted by molar-refractivity contribution is 7.47. The Kier molecular flexibility index (Phi) is 13.6. The lowest BCUT2D eigenvalue weighted by atomic mass is 9.90. The Bertz CT molecular complexity index is 678. The largest absolute Gasteiger partial charge is 0.472 e. The van der Waals surface area contributed by atoms with Crippen LogP contribution < -0.4 is 10.8 Å². The molecule has 0 aliphatic heterocycles. The molecule has 0 heterocycles. The minimum Gasteiger partial charge on any atom is -0.357 e. The van der Waals surface area contributed by atoms with E-state index >= 15 is 0 Å². The molecule has 19 heteroatoms. The normalized spacial score (nSPS) is 17.5. The molecule has 0 aromatic rings. The first kappa shape index (κ1) is 33.2. The maximum atomic E-state index is 12.9. The fourth-order valence-electron chi connectivity index (χ4n) is 2.76. The molecular weight excluding hydrogens is 511 g/mol. The quantitative estimate of drug-likeness (QED) is 0.0710. The third kappa shape index (κ3) is 18.2. The fourth-order valence-corrected chi connectivity index (χ4v) is 4.44. The van der Waals surface area contributed by atoms with E-state index in [1.165, 1.54) is 19.4 Å². The van der Waals surface area contributed by atoms with Gasteiger partial charge in [-0.2, -0.15) is 5.54 Å². The molecule has 0 rings (SSSR count). The molecule has 33 heavy (non-hydrogen) atoms. The summed E-state index contributed by atoms with van der Waals surface area (Å²) in [6.45, 7) is 4.39. The molecular formula is C14H35BFN2O12P3. The summed E-state index contributed by atoms with van der Waals surface area (Å²) < 4.78 is 65.9. The zero-order chi connectivity index (χ0) is 26.1. The second kappa shape index (κ2) is 13.5. The standard InChI is InChI=1S/C14H35BFN2O12P3/c1-13(2,17-15)5-11(7-27-31(19,20)21)9-29-33(25,26)30-10-12(6-14(3,4)18-16)8-28-32(22,23)24/h11-12,17-18H,5-10,15H2,1-4H3,(H,25,26)(H2,19,20,21)(H2,22,23,24). The van der Waals surface area contributed by atoms with Crippen molar-refractivity contribution in [3.05, 3.63) is 0 Å². The number of halogens is 1. The predicted molar refractivity (Wildman–Crippen MR) is 118 cm³/mol. The SMILES string of the molecule is BNC(C)(C)CC(COP(=O)(O)O)COP(=O)(O)OCC(COP(=O)(O)O)CC(C)(C)NF. The lowest BCUT2D eigenvalue weighted by Gasteiger charge is -2.30. The van der Waals surface area contributed by atoms with Gasteiger partial charge >= 0.3 is 23.5 Å². The molecule has 0 saturated heterocycles. The van der Waals surface area contributed by atoms with Crippen LogP contribution in [0.25, 0.3) is 0 Å². The van der Waals surface area contributed by atoms with E-state index in [2.05, 4.69) is 14.3 Å². The molecule has 0 saturated carbocycles. The van der Waals surface area contributed by atoms with Gasteiger partial charge in [0.2, 0.25) is 0 Å². The third-order valence-corrected chi connectivity index (χ3v) is 6.36. The van der Waals surface area contributed by atoms with Crippen molar-refractivity contribution in [3.8, 4) is 0 Å². The number of rotatable bonds is 18. The average Bonchev–Trinajstić information content (AvgIpc) is 2.64. The predicted octanol–water partition coefficient (Wildman–Crippen LogP) is 0.520. The molecule has 14 nitrogen and oxygen atoms in total. The first-order valence-corrected chi connectivity index (χ1v) is 14.3. The first-order valence-electron chi connectivity index (χ1n) is 9.78. The van der Waals surface area contributed by atoms with Crippen LogP contribution in [0, 0.1) is 11.8 Å². The molecule has 0 amide bonds. The van der Waals surface area contributed by atoms with E-state index in [1.807, 2.05) is 0 Å². The molecule has 0 bridgehead atoms. The zero-order valence-electron chi connectivity index (χ0n) is 19.2. The van der Waals surface area contributed by atoms with Crippen molar-refractivity contribution >= 4 is 31.4 Å². The smallest absolute Gasteiger partial charge is 0.357 e. The molecule has 198 valence electrons. The van der Waals surface area contributed by atoms with Gasteiger partial charge in [0.25, 0.3) is 0 Å². The van der Waals surface area contributed by atoms with Crippen molar-refractivity contribution in [3.63, 3.8) is 0 Å². The first-order chi connectivity index (χ1) is 14.7. The van der Waals surface area contributed by atoms with E-state index < -0.39 is 72.8 Å². The Morgan fingerprint density at radius 3 is 1.39 bits per heavy atom. The molecule has 0 spiro atoms. The Morgan fingerprint density at radius 1 is 0.758 bits per heavy atom. The molecule has 3 unspecified atom stereocenters. The second-order valence-corrected chi connectivity index (χ2v) is 12.8. The van der Waals surface area contributed by atoms with Gasteiger partial charge < -0.3 is 29.7 Å². The third-order valence-electron chi connectivity index (χ3n) is 4.43. The van der Waals surface area contributed by atoms with Crippen LogP contribution in [0.4, 0.5) is 4.48 Å². The second-order valence-electron chi connectivity index (χ2n) is 8.89. The number of nitrogens with one attached hydrogen (secondary N) is 2. The summed E-state index contributed by atoms with van der Waals surface area (Å²) in [5.74, 6) is -1.62. The molecule has 0 aliphatic rings. The number of hydrogen-bond acceptors (Lipinski definition) is 9. The van der Waals surface area contributed by atoms with Gasteiger partial charge in [-0.1, -0.05) is 0 Å². The molecule has 0 fully saturated rings. The summed E-state index contributed by atoms with van der Waals surface area (Å²) in [6.07, 6.45) is 0.164. The van der Waals surface area contributed by atoms with E-state index in [0.29, 0.717) is 0 Å². The van der Waals surface area contributed by atoms with Crippen molar-refractivity contribution in [1.82, 2.24) is 10.8 Å². The number of phosphoric ester groups is 3.